The summed E-state index contributed by atoms with van der Waals surface area (Å²) in [5.41, 5.74) is 0.799. The molecule has 2 aliphatic heterocycles. The first-order chi connectivity index (χ1) is 10.7. The molecule has 0 unspecified atom stereocenters. The lowest BCUT2D eigenvalue weighted by Crippen LogP contribution is -2.49. The van der Waals surface area contributed by atoms with Crippen LogP contribution in [-0.4, -0.2) is 41.7 Å². The Balaban J connectivity index is 1.58. The van der Waals surface area contributed by atoms with E-state index >= 15 is 0 Å². The maximum Gasteiger partial charge on any atom is 0.307 e. The largest absolute Gasteiger partial charge is 0.493 e. The van der Waals surface area contributed by atoms with Crippen molar-refractivity contribution in [3.8, 4) is 5.75 Å². The average Bonchev–Trinajstić information content (AvgIpc) is 2.52. The zero-order valence-electron chi connectivity index (χ0n) is 13.0. The van der Waals surface area contributed by atoms with Gasteiger partial charge in [-0.25, -0.2) is 0 Å². The van der Waals surface area contributed by atoms with Crippen molar-refractivity contribution in [2.24, 2.45) is 5.92 Å². The van der Waals surface area contributed by atoms with E-state index in [2.05, 4.69) is 4.90 Å². The summed E-state index contributed by atoms with van der Waals surface area (Å²) in [7, 11) is 0. The van der Waals surface area contributed by atoms with Crippen LogP contribution in [0.3, 0.4) is 0 Å². The normalized spacial score (nSPS) is 25.5. The first kappa shape index (κ1) is 15.3. The predicted octanol–water partition coefficient (Wildman–Crippen LogP) is 2.96. The number of benzene rings is 1. The van der Waals surface area contributed by atoms with E-state index < -0.39 is 5.97 Å². The Kier molecular flexibility index (Phi) is 4.98. The van der Waals surface area contributed by atoms with Crippen LogP contribution in [0.1, 0.15) is 37.7 Å². The zero-order valence-corrected chi connectivity index (χ0v) is 13.0. The first-order valence-electron chi connectivity index (χ1n) is 8.40. The first-order valence-corrected chi connectivity index (χ1v) is 8.40. The van der Waals surface area contributed by atoms with Crippen molar-refractivity contribution in [3.63, 3.8) is 0 Å². The lowest BCUT2D eigenvalue weighted by atomic mass is 9.84. The quantitative estimate of drug-likeness (QED) is 0.908. The molecule has 2 atom stereocenters. The smallest absolute Gasteiger partial charge is 0.307 e. The van der Waals surface area contributed by atoms with Crippen LogP contribution < -0.4 is 4.74 Å². The summed E-state index contributed by atoms with van der Waals surface area (Å²) < 4.78 is 6.00. The van der Waals surface area contributed by atoms with Crippen molar-refractivity contribution in [2.75, 3.05) is 19.7 Å². The number of ether oxygens (including phenoxy) is 1. The molecule has 0 radical (unpaired) electrons. The van der Waals surface area contributed by atoms with Crippen LogP contribution >= 0.6 is 0 Å². The molecule has 1 N–H and O–H groups in total. The van der Waals surface area contributed by atoms with Crippen LogP contribution in [0.4, 0.5) is 0 Å². The second-order valence-electron chi connectivity index (χ2n) is 6.53. The highest BCUT2D eigenvalue weighted by Crippen LogP contribution is 2.31. The molecule has 120 valence electrons. The average molecular weight is 303 g/mol. The standard InChI is InChI=1S/C18H25NO3/c20-18(21)12-14-5-3-7-16(11-14)22-13-15-6-4-10-19-9-2-1-8-17(15)19/h3,5,7,11,15,17H,1-2,4,6,8-10,12-13H2,(H,20,21)/t15-,17+/m0/s1. The van der Waals surface area contributed by atoms with Gasteiger partial charge in [-0.2, -0.15) is 0 Å². The van der Waals surface area contributed by atoms with Gasteiger partial charge in [-0.1, -0.05) is 18.6 Å². The summed E-state index contributed by atoms with van der Waals surface area (Å²) in [5.74, 6) is 0.603. The Morgan fingerprint density at radius 2 is 2.09 bits per heavy atom. The van der Waals surface area contributed by atoms with E-state index in [4.69, 9.17) is 9.84 Å². The van der Waals surface area contributed by atoms with Gasteiger partial charge in [0.2, 0.25) is 0 Å². The van der Waals surface area contributed by atoms with Crippen molar-refractivity contribution in [2.45, 2.75) is 44.6 Å². The minimum Gasteiger partial charge on any atom is -0.493 e. The molecule has 0 aliphatic carbocycles. The minimum absolute atomic E-state index is 0.0526. The molecule has 0 aromatic heterocycles. The van der Waals surface area contributed by atoms with Gasteiger partial charge in [-0.05, 0) is 56.5 Å². The Bertz CT molecular complexity index is 515. The highest BCUT2D eigenvalue weighted by Gasteiger charge is 2.33. The number of rotatable bonds is 5. The minimum atomic E-state index is -0.803. The molecule has 0 bridgehead atoms. The molecule has 0 saturated carbocycles. The molecule has 3 rings (SSSR count). The molecular formula is C18H25NO3. The predicted molar refractivity (Wildman–Crippen MR) is 85.2 cm³/mol. The molecule has 2 aliphatic rings. The molecule has 0 spiro atoms. The molecule has 2 heterocycles. The number of aliphatic carboxylic acids is 1. The third-order valence-electron chi connectivity index (χ3n) is 4.95. The SMILES string of the molecule is O=C(O)Cc1cccc(OC[C@@H]2CCCN3CCCC[C@H]23)c1. The van der Waals surface area contributed by atoms with Crippen LogP contribution in [0.15, 0.2) is 24.3 Å². The van der Waals surface area contributed by atoms with Crippen molar-refractivity contribution < 1.29 is 14.6 Å². The molecule has 4 nitrogen and oxygen atoms in total. The second kappa shape index (κ2) is 7.14. The van der Waals surface area contributed by atoms with Crippen LogP contribution in [-0.2, 0) is 11.2 Å². The van der Waals surface area contributed by atoms with Gasteiger partial charge in [0.15, 0.2) is 0 Å². The monoisotopic (exact) mass is 303 g/mol. The third-order valence-corrected chi connectivity index (χ3v) is 4.95. The van der Waals surface area contributed by atoms with Crippen LogP contribution in [0, 0.1) is 5.92 Å². The van der Waals surface area contributed by atoms with Crippen LogP contribution in [0.25, 0.3) is 0 Å². The molecular weight excluding hydrogens is 278 g/mol. The summed E-state index contributed by atoms with van der Waals surface area (Å²) in [4.78, 5) is 13.4. The van der Waals surface area contributed by atoms with Gasteiger partial charge >= 0.3 is 5.97 Å². The zero-order chi connectivity index (χ0) is 15.4. The topological polar surface area (TPSA) is 49.8 Å². The molecule has 4 heteroatoms. The van der Waals surface area contributed by atoms with Gasteiger partial charge in [0.05, 0.1) is 13.0 Å². The maximum atomic E-state index is 10.8. The van der Waals surface area contributed by atoms with E-state index in [-0.39, 0.29) is 6.42 Å². The molecule has 1 aromatic carbocycles. The Hall–Kier alpha value is -1.55. The fourth-order valence-electron chi connectivity index (χ4n) is 3.89. The highest BCUT2D eigenvalue weighted by molar-refractivity contribution is 5.70. The van der Waals surface area contributed by atoms with Crippen molar-refractivity contribution in [1.82, 2.24) is 4.90 Å². The lowest BCUT2D eigenvalue weighted by Gasteiger charge is -2.44. The van der Waals surface area contributed by atoms with E-state index in [0.717, 1.165) is 17.9 Å². The molecule has 22 heavy (non-hydrogen) atoms. The van der Waals surface area contributed by atoms with Gasteiger partial charge in [0, 0.05) is 12.0 Å². The third kappa shape index (κ3) is 3.80. The van der Waals surface area contributed by atoms with E-state index in [1.807, 2.05) is 24.3 Å². The molecule has 2 fully saturated rings. The summed E-state index contributed by atoms with van der Waals surface area (Å²) in [6.45, 7) is 3.24. The maximum absolute atomic E-state index is 10.8. The summed E-state index contributed by atoms with van der Waals surface area (Å²) in [6, 6.07) is 8.18. The summed E-state index contributed by atoms with van der Waals surface area (Å²) in [6.07, 6.45) is 6.54. The number of hydrogen-bond donors (Lipinski definition) is 1. The van der Waals surface area contributed by atoms with E-state index in [1.54, 1.807) is 0 Å². The van der Waals surface area contributed by atoms with Crippen molar-refractivity contribution in [1.29, 1.82) is 0 Å². The van der Waals surface area contributed by atoms with Gasteiger partial charge in [0.25, 0.3) is 0 Å². The van der Waals surface area contributed by atoms with Gasteiger partial charge in [-0.3, -0.25) is 9.69 Å². The van der Waals surface area contributed by atoms with Gasteiger partial charge < -0.3 is 9.84 Å². The Morgan fingerprint density at radius 3 is 2.95 bits per heavy atom. The number of fused-ring (bicyclic) bond motifs is 1. The highest BCUT2D eigenvalue weighted by atomic mass is 16.5. The summed E-state index contributed by atoms with van der Waals surface area (Å²) >= 11 is 0. The number of carbonyl (C=O) groups is 1. The fraction of sp³-hybridized carbons (Fsp3) is 0.611. The molecule has 2 saturated heterocycles. The Morgan fingerprint density at radius 1 is 1.23 bits per heavy atom. The van der Waals surface area contributed by atoms with E-state index in [1.165, 1.54) is 45.2 Å². The van der Waals surface area contributed by atoms with E-state index in [0.29, 0.717) is 12.0 Å². The number of carboxylic acid groups (broad SMARTS) is 1. The number of nitrogens with zero attached hydrogens (tertiary/aromatic N) is 1. The number of hydrogen-bond acceptors (Lipinski definition) is 3. The molecule has 0 amide bonds. The number of piperidine rings is 2. The van der Waals surface area contributed by atoms with Crippen LogP contribution in [0.2, 0.25) is 0 Å². The Labute approximate surface area is 132 Å². The van der Waals surface area contributed by atoms with Crippen molar-refractivity contribution in [3.05, 3.63) is 29.8 Å². The summed E-state index contributed by atoms with van der Waals surface area (Å²) in [5, 5.41) is 8.87. The second-order valence-corrected chi connectivity index (χ2v) is 6.53. The number of carboxylic acids is 1. The molecule has 1 aromatic rings. The fourth-order valence-corrected chi connectivity index (χ4v) is 3.89. The van der Waals surface area contributed by atoms with Crippen molar-refractivity contribution >= 4 is 5.97 Å². The van der Waals surface area contributed by atoms with Gasteiger partial charge in [-0.15, -0.1) is 0 Å². The van der Waals surface area contributed by atoms with Crippen LogP contribution in [0.5, 0.6) is 5.75 Å². The lowest BCUT2D eigenvalue weighted by molar-refractivity contribution is -0.136. The van der Waals surface area contributed by atoms with E-state index in [9.17, 15) is 4.79 Å². The van der Waals surface area contributed by atoms with Gasteiger partial charge in [0.1, 0.15) is 5.75 Å².